The third kappa shape index (κ3) is 3.14. The molecule has 1 fully saturated rings. The molecule has 2 N–H and O–H groups in total. The van der Waals surface area contributed by atoms with Crippen molar-refractivity contribution >= 4 is 0 Å². The maximum atomic E-state index is 5.75. The van der Waals surface area contributed by atoms with Crippen molar-refractivity contribution in [2.75, 3.05) is 6.54 Å². The van der Waals surface area contributed by atoms with Crippen LogP contribution in [0.2, 0.25) is 0 Å². The van der Waals surface area contributed by atoms with Crippen LogP contribution in [0.5, 0.6) is 0 Å². The molecule has 1 heteroatoms. The summed E-state index contributed by atoms with van der Waals surface area (Å²) in [5.74, 6) is 0. The molecule has 0 atom stereocenters. The van der Waals surface area contributed by atoms with Crippen molar-refractivity contribution < 1.29 is 0 Å². The molecular weight excluding hydrogens is 146 g/mol. The smallest absolute Gasteiger partial charge is 0.00205 e. The van der Waals surface area contributed by atoms with Crippen LogP contribution in [-0.2, 0) is 0 Å². The monoisotopic (exact) mass is 171 g/mol. The van der Waals surface area contributed by atoms with Crippen molar-refractivity contribution in [3.05, 3.63) is 0 Å². The maximum absolute atomic E-state index is 5.75. The van der Waals surface area contributed by atoms with Gasteiger partial charge in [-0.1, -0.05) is 40.0 Å². The molecule has 0 bridgehead atoms. The van der Waals surface area contributed by atoms with Crippen molar-refractivity contribution in [2.24, 2.45) is 11.1 Å². The number of nitrogens with two attached hydrogens (primary N) is 1. The highest BCUT2D eigenvalue weighted by Crippen LogP contribution is 2.40. The topological polar surface area (TPSA) is 26.0 Å². The number of hydrogen-bond acceptors (Lipinski definition) is 1. The van der Waals surface area contributed by atoms with Gasteiger partial charge >= 0.3 is 0 Å². The summed E-state index contributed by atoms with van der Waals surface area (Å²) >= 11 is 0. The number of hydrogen-bond donors (Lipinski definition) is 1. The second kappa shape index (κ2) is 6.47. The Morgan fingerprint density at radius 1 is 1.17 bits per heavy atom. The van der Waals surface area contributed by atoms with Gasteiger partial charge in [-0.3, -0.25) is 0 Å². The molecule has 0 aromatic rings. The van der Waals surface area contributed by atoms with E-state index in [1.165, 1.54) is 38.5 Å². The molecule has 1 saturated carbocycles. The molecule has 1 aliphatic rings. The minimum absolute atomic E-state index is 0.564. The molecule has 74 valence electrons. The Morgan fingerprint density at radius 3 is 2.00 bits per heavy atom. The Bertz CT molecular complexity index is 93.2. The lowest BCUT2D eigenvalue weighted by Crippen LogP contribution is -2.26. The first kappa shape index (κ1) is 12.0. The summed E-state index contributed by atoms with van der Waals surface area (Å²) in [7, 11) is 0. The predicted octanol–water partition coefficient (Wildman–Crippen LogP) is 3.33. The minimum atomic E-state index is 0.564. The SMILES string of the molecule is CC.CCCC1(CN)CCCC1. The lowest BCUT2D eigenvalue weighted by Gasteiger charge is -2.26. The fourth-order valence-corrected chi connectivity index (χ4v) is 2.21. The van der Waals surface area contributed by atoms with E-state index in [1.807, 2.05) is 13.8 Å². The van der Waals surface area contributed by atoms with Crippen LogP contribution in [0.4, 0.5) is 0 Å². The van der Waals surface area contributed by atoms with Gasteiger partial charge in [0, 0.05) is 0 Å². The van der Waals surface area contributed by atoms with Crippen LogP contribution in [0, 0.1) is 5.41 Å². The standard InChI is InChI=1S/C9H19N.C2H6/c1-2-5-9(8-10)6-3-4-7-9;1-2/h2-8,10H2,1H3;1-2H3. The average Bonchev–Trinajstić information content (AvgIpc) is 2.58. The van der Waals surface area contributed by atoms with Crippen LogP contribution in [0.1, 0.15) is 59.3 Å². The summed E-state index contributed by atoms with van der Waals surface area (Å²) in [5, 5.41) is 0. The van der Waals surface area contributed by atoms with Crippen LogP contribution >= 0.6 is 0 Å². The second-order valence-corrected chi connectivity index (χ2v) is 3.66. The Labute approximate surface area is 77.7 Å². The van der Waals surface area contributed by atoms with Gasteiger partial charge < -0.3 is 5.73 Å². The van der Waals surface area contributed by atoms with E-state index in [-0.39, 0.29) is 0 Å². The molecule has 0 heterocycles. The first-order valence-corrected chi connectivity index (χ1v) is 5.53. The van der Waals surface area contributed by atoms with Crippen molar-refractivity contribution in [2.45, 2.75) is 59.3 Å². The maximum Gasteiger partial charge on any atom is -0.00205 e. The summed E-state index contributed by atoms with van der Waals surface area (Å²) < 4.78 is 0. The van der Waals surface area contributed by atoms with Crippen LogP contribution in [0.25, 0.3) is 0 Å². The Kier molecular flexibility index (Phi) is 6.45. The van der Waals surface area contributed by atoms with Crippen molar-refractivity contribution in [1.29, 1.82) is 0 Å². The van der Waals surface area contributed by atoms with Crippen molar-refractivity contribution in [3.8, 4) is 0 Å². The van der Waals surface area contributed by atoms with Gasteiger partial charge in [0.25, 0.3) is 0 Å². The molecule has 0 radical (unpaired) electrons. The molecule has 0 aliphatic heterocycles. The third-order valence-electron chi connectivity index (χ3n) is 2.88. The highest BCUT2D eigenvalue weighted by molar-refractivity contribution is 4.84. The zero-order chi connectivity index (χ0) is 9.45. The Balaban J connectivity index is 0.000000561. The quantitative estimate of drug-likeness (QED) is 0.692. The highest BCUT2D eigenvalue weighted by atomic mass is 14.6. The molecule has 0 aromatic heterocycles. The fourth-order valence-electron chi connectivity index (χ4n) is 2.21. The Hall–Kier alpha value is -0.0400. The first-order chi connectivity index (χ1) is 5.83. The van der Waals surface area contributed by atoms with E-state index >= 15 is 0 Å². The largest absolute Gasteiger partial charge is 0.330 e. The van der Waals surface area contributed by atoms with Crippen LogP contribution in [0.15, 0.2) is 0 Å². The highest BCUT2D eigenvalue weighted by Gasteiger charge is 2.30. The van der Waals surface area contributed by atoms with Crippen molar-refractivity contribution in [1.82, 2.24) is 0 Å². The van der Waals surface area contributed by atoms with Crippen LogP contribution < -0.4 is 5.73 Å². The van der Waals surface area contributed by atoms with E-state index in [4.69, 9.17) is 5.73 Å². The lowest BCUT2D eigenvalue weighted by atomic mass is 9.82. The Morgan fingerprint density at radius 2 is 1.67 bits per heavy atom. The van der Waals surface area contributed by atoms with Crippen LogP contribution in [-0.4, -0.2) is 6.54 Å². The van der Waals surface area contributed by atoms with Gasteiger partial charge in [0.05, 0.1) is 0 Å². The zero-order valence-corrected chi connectivity index (χ0v) is 9.03. The van der Waals surface area contributed by atoms with Gasteiger partial charge in [-0.2, -0.15) is 0 Å². The van der Waals surface area contributed by atoms with Gasteiger partial charge in [-0.05, 0) is 31.2 Å². The van der Waals surface area contributed by atoms with Crippen molar-refractivity contribution in [3.63, 3.8) is 0 Å². The summed E-state index contributed by atoms with van der Waals surface area (Å²) in [6, 6.07) is 0. The van der Waals surface area contributed by atoms with Gasteiger partial charge in [-0.15, -0.1) is 0 Å². The molecule has 1 nitrogen and oxygen atoms in total. The number of rotatable bonds is 3. The van der Waals surface area contributed by atoms with E-state index in [0.29, 0.717) is 5.41 Å². The average molecular weight is 171 g/mol. The summed E-state index contributed by atoms with van der Waals surface area (Å²) in [5.41, 5.74) is 6.32. The molecule has 0 unspecified atom stereocenters. The molecular formula is C11H25N. The molecule has 1 aliphatic carbocycles. The zero-order valence-electron chi connectivity index (χ0n) is 9.03. The molecule has 0 saturated heterocycles. The van der Waals surface area contributed by atoms with E-state index in [9.17, 15) is 0 Å². The van der Waals surface area contributed by atoms with E-state index in [2.05, 4.69) is 6.92 Å². The summed E-state index contributed by atoms with van der Waals surface area (Å²) in [6.45, 7) is 7.18. The third-order valence-corrected chi connectivity index (χ3v) is 2.88. The van der Waals surface area contributed by atoms with Gasteiger partial charge in [-0.25, -0.2) is 0 Å². The van der Waals surface area contributed by atoms with Gasteiger partial charge in [0.1, 0.15) is 0 Å². The van der Waals surface area contributed by atoms with Crippen LogP contribution in [0.3, 0.4) is 0 Å². The molecule has 0 aromatic carbocycles. The molecule has 12 heavy (non-hydrogen) atoms. The fraction of sp³-hybridized carbons (Fsp3) is 1.00. The molecule has 0 spiro atoms. The van der Waals surface area contributed by atoms with Gasteiger partial charge in [0.15, 0.2) is 0 Å². The molecule has 1 rings (SSSR count). The summed E-state index contributed by atoms with van der Waals surface area (Å²) in [4.78, 5) is 0. The summed E-state index contributed by atoms with van der Waals surface area (Å²) in [6.07, 6.45) is 8.25. The lowest BCUT2D eigenvalue weighted by molar-refractivity contribution is 0.280. The predicted molar refractivity (Wildman–Crippen MR) is 56.2 cm³/mol. The van der Waals surface area contributed by atoms with E-state index < -0.39 is 0 Å². The van der Waals surface area contributed by atoms with E-state index in [1.54, 1.807) is 0 Å². The minimum Gasteiger partial charge on any atom is -0.330 e. The van der Waals surface area contributed by atoms with Gasteiger partial charge in [0.2, 0.25) is 0 Å². The second-order valence-electron chi connectivity index (χ2n) is 3.66. The normalized spacial score (nSPS) is 20.0. The first-order valence-electron chi connectivity index (χ1n) is 5.53. The molecule has 0 amide bonds. The van der Waals surface area contributed by atoms with E-state index in [0.717, 1.165) is 6.54 Å².